The van der Waals surface area contributed by atoms with E-state index < -0.39 is 0 Å². The Morgan fingerprint density at radius 1 is 1.28 bits per heavy atom. The topological polar surface area (TPSA) is 64.7 Å². The molecule has 6 heteroatoms. The Morgan fingerprint density at radius 3 is 2.67 bits per heavy atom. The van der Waals surface area contributed by atoms with Crippen molar-refractivity contribution in [2.75, 3.05) is 45.8 Å². The molecule has 2 aliphatic heterocycles. The van der Waals surface area contributed by atoms with Gasteiger partial charge in [0.1, 0.15) is 0 Å². The maximum atomic E-state index is 12.1. The van der Waals surface area contributed by atoms with Crippen LogP contribution in [0.25, 0.3) is 0 Å². The van der Waals surface area contributed by atoms with Crippen molar-refractivity contribution >= 4 is 11.8 Å². The maximum Gasteiger partial charge on any atom is 0.236 e. The number of nitrogens with zero attached hydrogens (tertiary/aromatic N) is 2. The average Bonchev–Trinajstić information content (AvgIpc) is 2.78. The molecule has 1 unspecified atom stereocenters. The Labute approximate surface area is 108 Å². The fourth-order valence-corrected chi connectivity index (χ4v) is 2.55. The predicted octanol–water partition coefficient (Wildman–Crippen LogP) is -1.37. The first-order valence-electron chi connectivity index (χ1n) is 6.63. The normalized spacial score (nSPS) is 25.2. The molecule has 0 aromatic carbocycles. The van der Waals surface area contributed by atoms with E-state index in [1.807, 2.05) is 4.90 Å². The molecule has 2 N–H and O–H groups in total. The summed E-state index contributed by atoms with van der Waals surface area (Å²) in [5.74, 6) is 0.168. The summed E-state index contributed by atoms with van der Waals surface area (Å²) >= 11 is 0. The zero-order valence-corrected chi connectivity index (χ0v) is 10.9. The molecule has 18 heavy (non-hydrogen) atoms. The van der Waals surface area contributed by atoms with Crippen LogP contribution >= 0.6 is 0 Å². The molecule has 0 spiro atoms. The molecule has 0 saturated carbocycles. The highest BCUT2D eigenvalue weighted by molar-refractivity contribution is 5.79. The van der Waals surface area contributed by atoms with E-state index in [1.165, 1.54) is 6.92 Å². The van der Waals surface area contributed by atoms with Crippen molar-refractivity contribution in [2.24, 2.45) is 0 Å². The van der Waals surface area contributed by atoms with Crippen LogP contribution in [-0.4, -0.2) is 73.5 Å². The van der Waals surface area contributed by atoms with E-state index in [2.05, 4.69) is 15.5 Å². The number of piperazine rings is 1. The van der Waals surface area contributed by atoms with Crippen molar-refractivity contribution < 1.29 is 9.59 Å². The van der Waals surface area contributed by atoms with Gasteiger partial charge in [0, 0.05) is 52.2 Å². The number of rotatable bonds is 3. The lowest BCUT2D eigenvalue weighted by molar-refractivity contribution is -0.131. The number of hydrogen-bond donors (Lipinski definition) is 2. The third kappa shape index (κ3) is 3.68. The lowest BCUT2D eigenvalue weighted by atomic mass is 10.2. The van der Waals surface area contributed by atoms with E-state index in [4.69, 9.17) is 0 Å². The second kappa shape index (κ2) is 6.15. The first kappa shape index (κ1) is 13.3. The van der Waals surface area contributed by atoms with E-state index in [0.717, 1.165) is 39.1 Å². The summed E-state index contributed by atoms with van der Waals surface area (Å²) < 4.78 is 0. The summed E-state index contributed by atoms with van der Waals surface area (Å²) in [6.45, 7) is 7.24. The van der Waals surface area contributed by atoms with Gasteiger partial charge in [-0.25, -0.2) is 0 Å². The Hall–Kier alpha value is -1.14. The van der Waals surface area contributed by atoms with Crippen LogP contribution in [0, 0.1) is 0 Å². The van der Waals surface area contributed by atoms with Crippen LogP contribution in [0.4, 0.5) is 0 Å². The molecule has 102 valence electrons. The largest absolute Gasteiger partial charge is 0.352 e. The zero-order chi connectivity index (χ0) is 13.0. The first-order chi connectivity index (χ1) is 8.65. The van der Waals surface area contributed by atoms with Gasteiger partial charge in [0.05, 0.1) is 6.54 Å². The molecule has 0 aromatic heterocycles. The number of likely N-dealkylation sites (tertiary alicyclic amines) is 1. The van der Waals surface area contributed by atoms with Crippen molar-refractivity contribution in [3.63, 3.8) is 0 Å². The van der Waals surface area contributed by atoms with E-state index in [9.17, 15) is 9.59 Å². The Bertz CT molecular complexity index is 315. The van der Waals surface area contributed by atoms with Crippen molar-refractivity contribution in [1.82, 2.24) is 20.4 Å². The highest BCUT2D eigenvalue weighted by Gasteiger charge is 2.27. The van der Waals surface area contributed by atoms with E-state index >= 15 is 0 Å². The molecule has 2 aliphatic rings. The number of nitrogens with one attached hydrogen (secondary N) is 2. The molecule has 0 aliphatic carbocycles. The van der Waals surface area contributed by atoms with Crippen molar-refractivity contribution in [1.29, 1.82) is 0 Å². The van der Waals surface area contributed by atoms with Gasteiger partial charge in [-0.05, 0) is 6.42 Å². The van der Waals surface area contributed by atoms with Gasteiger partial charge in [-0.3, -0.25) is 14.5 Å². The molecule has 2 rings (SSSR count). The van der Waals surface area contributed by atoms with Gasteiger partial charge >= 0.3 is 0 Å². The third-order valence-corrected chi connectivity index (χ3v) is 3.52. The van der Waals surface area contributed by atoms with Crippen LogP contribution in [0.5, 0.6) is 0 Å². The highest BCUT2D eigenvalue weighted by Crippen LogP contribution is 2.10. The first-order valence-corrected chi connectivity index (χ1v) is 6.63. The van der Waals surface area contributed by atoms with Crippen LogP contribution in [0.1, 0.15) is 13.3 Å². The molecular formula is C12H22N4O2. The molecule has 2 saturated heterocycles. The van der Waals surface area contributed by atoms with E-state index in [-0.39, 0.29) is 17.9 Å². The minimum atomic E-state index is -0.0172. The van der Waals surface area contributed by atoms with Gasteiger partial charge in [0.2, 0.25) is 11.8 Å². The van der Waals surface area contributed by atoms with Gasteiger partial charge in [-0.1, -0.05) is 0 Å². The van der Waals surface area contributed by atoms with Crippen molar-refractivity contribution in [2.45, 2.75) is 19.4 Å². The molecule has 1 atom stereocenters. The minimum Gasteiger partial charge on any atom is -0.352 e. The molecule has 2 amide bonds. The summed E-state index contributed by atoms with van der Waals surface area (Å²) in [4.78, 5) is 27.1. The standard InChI is InChI=1S/C12H22N4O2/c1-10(17)14-11-2-5-16(8-11)12(18)9-15-6-3-13-4-7-15/h11,13H,2-9H2,1H3,(H,14,17). The molecule has 0 aromatic rings. The van der Waals surface area contributed by atoms with Crippen molar-refractivity contribution in [3.05, 3.63) is 0 Å². The Morgan fingerprint density at radius 2 is 2.00 bits per heavy atom. The lowest BCUT2D eigenvalue weighted by Crippen LogP contribution is -2.48. The SMILES string of the molecule is CC(=O)NC1CCN(C(=O)CN2CCNCC2)C1. The number of hydrogen-bond acceptors (Lipinski definition) is 4. The lowest BCUT2D eigenvalue weighted by Gasteiger charge is -2.28. The molecule has 2 heterocycles. The maximum absolute atomic E-state index is 12.1. The summed E-state index contributed by atoms with van der Waals surface area (Å²) in [6.07, 6.45) is 0.868. The van der Waals surface area contributed by atoms with Crippen LogP contribution in [-0.2, 0) is 9.59 Å². The number of carbonyl (C=O) groups excluding carboxylic acids is 2. The highest BCUT2D eigenvalue weighted by atomic mass is 16.2. The fourth-order valence-electron chi connectivity index (χ4n) is 2.55. The van der Waals surface area contributed by atoms with E-state index in [0.29, 0.717) is 13.1 Å². The quantitative estimate of drug-likeness (QED) is 0.652. The third-order valence-electron chi connectivity index (χ3n) is 3.52. The number of carbonyl (C=O) groups is 2. The number of amides is 2. The molecule has 6 nitrogen and oxygen atoms in total. The molecule has 0 bridgehead atoms. The molecule has 0 radical (unpaired) electrons. The predicted molar refractivity (Wildman–Crippen MR) is 68.1 cm³/mol. The second-order valence-corrected chi connectivity index (χ2v) is 5.05. The summed E-state index contributed by atoms with van der Waals surface area (Å²) in [5.41, 5.74) is 0. The van der Waals surface area contributed by atoms with Gasteiger partial charge in [-0.2, -0.15) is 0 Å². The van der Waals surface area contributed by atoms with Crippen LogP contribution in [0.2, 0.25) is 0 Å². The minimum absolute atomic E-state index is 0.0172. The van der Waals surface area contributed by atoms with Crippen LogP contribution < -0.4 is 10.6 Å². The molecular weight excluding hydrogens is 232 g/mol. The second-order valence-electron chi connectivity index (χ2n) is 5.05. The van der Waals surface area contributed by atoms with Crippen LogP contribution in [0.15, 0.2) is 0 Å². The summed E-state index contributed by atoms with van der Waals surface area (Å²) in [5, 5.41) is 6.15. The van der Waals surface area contributed by atoms with Gasteiger partial charge in [0.15, 0.2) is 0 Å². The summed E-state index contributed by atoms with van der Waals surface area (Å²) in [6, 6.07) is 0.134. The monoisotopic (exact) mass is 254 g/mol. The van der Waals surface area contributed by atoms with Gasteiger partial charge in [0.25, 0.3) is 0 Å². The van der Waals surface area contributed by atoms with Gasteiger partial charge < -0.3 is 15.5 Å². The zero-order valence-electron chi connectivity index (χ0n) is 10.9. The Balaban J connectivity index is 1.74. The van der Waals surface area contributed by atoms with Crippen LogP contribution in [0.3, 0.4) is 0 Å². The average molecular weight is 254 g/mol. The smallest absolute Gasteiger partial charge is 0.236 e. The van der Waals surface area contributed by atoms with Crippen molar-refractivity contribution in [3.8, 4) is 0 Å². The summed E-state index contributed by atoms with van der Waals surface area (Å²) in [7, 11) is 0. The fraction of sp³-hybridized carbons (Fsp3) is 0.833. The Kier molecular flexibility index (Phi) is 4.54. The van der Waals surface area contributed by atoms with E-state index in [1.54, 1.807) is 0 Å². The molecule has 2 fully saturated rings. The van der Waals surface area contributed by atoms with Gasteiger partial charge in [-0.15, -0.1) is 0 Å².